The Morgan fingerprint density at radius 3 is 2.62 bits per heavy atom. The molecular formula is C16H19N3O2. The van der Waals surface area contributed by atoms with Crippen LogP contribution in [0.5, 0.6) is 5.75 Å². The fraction of sp³-hybridized carbons (Fsp3) is 0.250. The van der Waals surface area contributed by atoms with Gasteiger partial charge >= 0.3 is 0 Å². The van der Waals surface area contributed by atoms with Crippen molar-refractivity contribution in [1.82, 2.24) is 10.4 Å². The van der Waals surface area contributed by atoms with E-state index < -0.39 is 0 Å². The van der Waals surface area contributed by atoms with Crippen LogP contribution >= 0.6 is 0 Å². The predicted molar refractivity (Wildman–Crippen MR) is 82.9 cm³/mol. The molecule has 0 aliphatic carbocycles. The summed E-state index contributed by atoms with van der Waals surface area (Å²) in [6, 6.07) is 8.93. The van der Waals surface area contributed by atoms with Gasteiger partial charge in [-0.05, 0) is 51.1 Å². The molecule has 2 rings (SSSR count). The first kappa shape index (κ1) is 14.8. The third-order valence-electron chi connectivity index (χ3n) is 2.99. The van der Waals surface area contributed by atoms with Crippen LogP contribution in [0.1, 0.15) is 34.2 Å². The van der Waals surface area contributed by atoms with Crippen LogP contribution in [0.3, 0.4) is 0 Å². The fourth-order valence-electron chi connectivity index (χ4n) is 1.97. The molecule has 1 aromatic heterocycles. The maximum atomic E-state index is 11.9. The zero-order valence-electron chi connectivity index (χ0n) is 12.4. The average molecular weight is 285 g/mol. The first-order chi connectivity index (χ1) is 10.1. The Kier molecular flexibility index (Phi) is 4.77. The summed E-state index contributed by atoms with van der Waals surface area (Å²) in [6.07, 6.45) is 1.63. The van der Waals surface area contributed by atoms with E-state index in [4.69, 9.17) is 4.74 Å². The lowest BCUT2D eigenvalue weighted by Gasteiger charge is -2.03. The van der Waals surface area contributed by atoms with Crippen molar-refractivity contribution in [3.63, 3.8) is 0 Å². The molecule has 1 amide bonds. The largest absolute Gasteiger partial charge is 0.494 e. The van der Waals surface area contributed by atoms with Crippen LogP contribution in [0.4, 0.5) is 0 Å². The maximum Gasteiger partial charge on any atom is 0.271 e. The second-order valence-corrected chi connectivity index (χ2v) is 4.69. The molecule has 0 atom stereocenters. The van der Waals surface area contributed by atoms with E-state index in [-0.39, 0.29) is 5.91 Å². The lowest BCUT2D eigenvalue weighted by Crippen LogP contribution is -2.17. The molecule has 2 aromatic rings. The number of hydrogen-bond acceptors (Lipinski definition) is 3. The van der Waals surface area contributed by atoms with E-state index in [1.807, 2.05) is 26.8 Å². The SMILES string of the molecule is CCOc1ccc(C(=O)N/N=C/c2cc(C)[nH]c2C)cc1. The number of amides is 1. The number of hydrazone groups is 1. The van der Waals surface area contributed by atoms with Crippen molar-refractivity contribution in [3.8, 4) is 5.75 Å². The minimum absolute atomic E-state index is 0.251. The van der Waals surface area contributed by atoms with Crippen molar-refractivity contribution in [2.24, 2.45) is 5.10 Å². The molecule has 110 valence electrons. The molecule has 21 heavy (non-hydrogen) atoms. The maximum absolute atomic E-state index is 11.9. The van der Waals surface area contributed by atoms with Gasteiger partial charge in [0, 0.05) is 22.5 Å². The monoisotopic (exact) mass is 285 g/mol. The number of rotatable bonds is 5. The lowest BCUT2D eigenvalue weighted by molar-refractivity contribution is 0.0955. The molecule has 0 saturated carbocycles. The van der Waals surface area contributed by atoms with Gasteiger partial charge in [-0.15, -0.1) is 0 Å². The van der Waals surface area contributed by atoms with Gasteiger partial charge in [-0.3, -0.25) is 4.79 Å². The van der Waals surface area contributed by atoms with Crippen molar-refractivity contribution in [2.75, 3.05) is 6.61 Å². The molecule has 1 heterocycles. The molecule has 0 saturated heterocycles. The summed E-state index contributed by atoms with van der Waals surface area (Å²) in [5, 5.41) is 3.98. The Bertz CT molecular complexity index is 642. The molecule has 5 heteroatoms. The van der Waals surface area contributed by atoms with E-state index in [0.717, 1.165) is 22.7 Å². The number of aromatic amines is 1. The van der Waals surface area contributed by atoms with Gasteiger partial charge in [0.15, 0.2) is 0 Å². The molecule has 0 unspecified atom stereocenters. The standard InChI is InChI=1S/C16H19N3O2/c1-4-21-15-7-5-13(6-8-15)16(20)19-17-10-14-9-11(2)18-12(14)3/h5-10,18H,4H2,1-3H3,(H,19,20)/b17-10+. The molecule has 1 aromatic carbocycles. The Morgan fingerprint density at radius 1 is 1.33 bits per heavy atom. The summed E-state index contributed by atoms with van der Waals surface area (Å²) in [6.45, 7) is 6.46. The highest BCUT2D eigenvalue weighted by molar-refractivity contribution is 5.95. The van der Waals surface area contributed by atoms with E-state index in [9.17, 15) is 4.79 Å². The van der Waals surface area contributed by atoms with E-state index in [1.54, 1.807) is 30.5 Å². The molecule has 5 nitrogen and oxygen atoms in total. The van der Waals surface area contributed by atoms with Gasteiger partial charge in [0.1, 0.15) is 5.75 Å². The number of hydrogen-bond donors (Lipinski definition) is 2. The second-order valence-electron chi connectivity index (χ2n) is 4.69. The summed E-state index contributed by atoms with van der Waals surface area (Å²) in [5.74, 6) is 0.496. The van der Waals surface area contributed by atoms with Crippen LogP contribution in [0, 0.1) is 13.8 Å². The van der Waals surface area contributed by atoms with Gasteiger partial charge in [-0.25, -0.2) is 5.43 Å². The van der Waals surface area contributed by atoms with Crippen LogP contribution in [0.15, 0.2) is 35.4 Å². The van der Waals surface area contributed by atoms with Gasteiger partial charge in [-0.1, -0.05) is 0 Å². The molecule has 0 aliphatic rings. The number of carbonyl (C=O) groups is 1. The number of benzene rings is 1. The zero-order valence-corrected chi connectivity index (χ0v) is 12.4. The van der Waals surface area contributed by atoms with Crippen molar-refractivity contribution in [3.05, 3.63) is 52.8 Å². The second kappa shape index (κ2) is 6.74. The Morgan fingerprint density at radius 2 is 2.05 bits per heavy atom. The molecule has 0 spiro atoms. The number of ether oxygens (including phenoxy) is 1. The van der Waals surface area contributed by atoms with Gasteiger partial charge in [-0.2, -0.15) is 5.10 Å². The number of nitrogens with zero attached hydrogens (tertiary/aromatic N) is 1. The number of nitrogens with one attached hydrogen (secondary N) is 2. The molecule has 2 N–H and O–H groups in total. The smallest absolute Gasteiger partial charge is 0.271 e. The summed E-state index contributed by atoms with van der Waals surface area (Å²) in [4.78, 5) is 15.1. The van der Waals surface area contributed by atoms with Gasteiger partial charge < -0.3 is 9.72 Å². The highest BCUT2D eigenvalue weighted by Crippen LogP contribution is 2.12. The van der Waals surface area contributed by atoms with Crippen LogP contribution in [0.25, 0.3) is 0 Å². The first-order valence-corrected chi connectivity index (χ1v) is 6.82. The highest BCUT2D eigenvalue weighted by Gasteiger charge is 2.04. The van der Waals surface area contributed by atoms with Crippen LogP contribution in [-0.4, -0.2) is 23.7 Å². The number of aromatic nitrogens is 1. The average Bonchev–Trinajstić information content (AvgIpc) is 2.78. The third kappa shape index (κ3) is 3.95. The van der Waals surface area contributed by atoms with Gasteiger partial charge in [0.05, 0.1) is 12.8 Å². The van der Waals surface area contributed by atoms with Gasteiger partial charge in [0.25, 0.3) is 5.91 Å². The van der Waals surface area contributed by atoms with E-state index >= 15 is 0 Å². The molecule has 0 bridgehead atoms. The van der Waals surface area contributed by atoms with Crippen molar-refractivity contribution in [2.45, 2.75) is 20.8 Å². The van der Waals surface area contributed by atoms with Gasteiger partial charge in [0.2, 0.25) is 0 Å². The number of aryl methyl sites for hydroxylation is 2. The third-order valence-corrected chi connectivity index (χ3v) is 2.99. The van der Waals surface area contributed by atoms with E-state index in [0.29, 0.717) is 12.2 Å². The molecular weight excluding hydrogens is 266 g/mol. The first-order valence-electron chi connectivity index (χ1n) is 6.82. The molecule has 0 aliphatic heterocycles. The summed E-state index contributed by atoms with van der Waals surface area (Å²) < 4.78 is 5.33. The number of carbonyl (C=O) groups excluding carboxylic acids is 1. The Labute approximate surface area is 124 Å². The minimum atomic E-state index is -0.251. The van der Waals surface area contributed by atoms with Crippen LogP contribution in [-0.2, 0) is 0 Å². The summed E-state index contributed by atoms with van der Waals surface area (Å²) >= 11 is 0. The van der Waals surface area contributed by atoms with Crippen molar-refractivity contribution in [1.29, 1.82) is 0 Å². The molecule has 0 radical (unpaired) electrons. The van der Waals surface area contributed by atoms with E-state index in [2.05, 4.69) is 15.5 Å². The Balaban J connectivity index is 1.96. The number of H-pyrrole nitrogens is 1. The normalized spacial score (nSPS) is 10.8. The summed E-state index contributed by atoms with van der Waals surface area (Å²) in [7, 11) is 0. The minimum Gasteiger partial charge on any atom is -0.494 e. The van der Waals surface area contributed by atoms with Crippen molar-refractivity contribution >= 4 is 12.1 Å². The predicted octanol–water partition coefficient (Wildman–Crippen LogP) is 2.79. The topological polar surface area (TPSA) is 66.5 Å². The Hall–Kier alpha value is -2.56. The fourth-order valence-corrected chi connectivity index (χ4v) is 1.97. The molecule has 0 fully saturated rings. The summed E-state index contributed by atoms with van der Waals surface area (Å²) in [5.41, 5.74) is 6.09. The highest BCUT2D eigenvalue weighted by atomic mass is 16.5. The van der Waals surface area contributed by atoms with Crippen LogP contribution in [0.2, 0.25) is 0 Å². The zero-order chi connectivity index (χ0) is 15.2. The lowest BCUT2D eigenvalue weighted by atomic mass is 10.2. The van der Waals surface area contributed by atoms with Crippen LogP contribution < -0.4 is 10.2 Å². The quantitative estimate of drug-likeness (QED) is 0.655. The van der Waals surface area contributed by atoms with Crippen molar-refractivity contribution < 1.29 is 9.53 Å². The van der Waals surface area contributed by atoms with E-state index in [1.165, 1.54) is 0 Å².